The molecule has 3 heteroatoms. The number of ketones is 1. The smallest absolute Gasteiger partial charge is 0.180 e. The second-order valence-electron chi connectivity index (χ2n) is 2.75. The van der Waals surface area contributed by atoms with Crippen LogP contribution in [0.1, 0.15) is 23.7 Å². The summed E-state index contributed by atoms with van der Waals surface area (Å²) in [6, 6.07) is 6.83. The zero-order chi connectivity index (χ0) is 9.84. The number of carbonyl (C=O) groups excluding carboxylic acids is 1. The predicted octanol–water partition coefficient (Wildman–Crippen LogP) is 3.54. The van der Waals surface area contributed by atoms with Crippen molar-refractivity contribution in [2.45, 2.75) is 18.7 Å². The molecule has 1 aromatic carbocycles. The van der Waals surface area contributed by atoms with E-state index < -0.39 is 5.38 Å². The first-order valence-electron chi connectivity index (χ1n) is 4.09. The van der Waals surface area contributed by atoms with Gasteiger partial charge in [-0.25, -0.2) is 0 Å². The molecule has 0 aromatic heterocycles. The van der Waals surface area contributed by atoms with Crippen LogP contribution in [0.2, 0.25) is 5.02 Å². The van der Waals surface area contributed by atoms with Crippen molar-refractivity contribution >= 4 is 29.0 Å². The van der Waals surface area contributed by atoms with E-state index in [0.717, 1.165) is 0 Å². The lowest BCUT2D eigenvalue weighted by atomic mass is 10.1. The van der Waals surface area contributed by atoms with Crippen molar-refractivity contribution in [3.8, 4) is 0 Å². The van der Waals surface area contributed by atoms with Crippen LogP contribution in [0.4, 0.5) is 0 Å². The number of halogens is 2. The molecule has 0 aliphatic heterocycles. The Bertz CT molecular complexity index is 310. The van der Waals surface area contributed by atoms with Crippen LogP contribution in [0, 0.1) is 0 Å². The number of hydrogen-bond donors (Lipinski definition) is 0. The Hall–Kier alpha value is -0.530. The number of carbonyl (C=O) groups is 1. The van der Waals surface area contributed by atoms with E-state index in [1.54, 1.807) is 24.3 Å². The minimum absolute atomic E-state index is 0.0633. The van der Waals surface area contributed by atoms with Gasteiger partial charge < -0.3 is 0 Å². The van der Waals surface area contributed by atoms with Crippen molar-refractivity contribution in [1.29, 1.82) is 0 Å². The van der Waals surface area contributed by atoms with Crippen LogP contribution < -0.4 is 0 Å². The third kappa shape index (κ3) is 2.71. The molecule has 0 fully saturated rings. The van der Waals surface area contributed by atoms with Crippen LogP contribution in [0.15, 0.2) is 24.3 Å². The predicted molar refractivity (Wildman–Crippen MR) is 55.7 cm³/mol. The lowest BCUT2D eigenvalue weighted by Gasteiger charge is -2.04. The summed E-state index contributed by atoms with van der Waals surface area (Å²) < 4.78 is 0. The molecule has 13 heavy (non-hydrogen) atoms. The van der Waals surface area contributed by atoms with Crippen molar-refractivity contribution in [3.05, 3.63) is 34.9 Å². The molecule has 0 heterocycles. The molecule has 0 aliphatic carbocycles. The van der Waals surface area contributed by atoms with E-state index in [9.17, 15) is 4.79 Å². The molecule has 0 N–H and O–H groups in total. The molecule has 1 unspecified atom stereocenters. The van der Waals surface area contributed by atoms with E-state index >= 15 is 0 Å². The molecule has 1 aromatic rings. The molecule has 1 nitrogen and oxygen atoms in total. The van der Waals surface area contributed by atoms with Gasteiger partial charge in [-0.2, -0.15) is 0 Å². The van der Waals surface area contributed by atoms with Crippen molar-refractivity contribution in [2.24, 2.45) is 0 Å². The minimum Gasteiger partial charge on any atom is -0.293 e. The summed E-state index contributed by atoms with van der Waals surface area (Å²) in [5, 5.41) is 0.115. The molecular formula is C10H10Cl2O. The fourth-order valence-corrected chi connectivity index (χ4v) is 1.32. The van der Waals surface area contributed by atoms with Gasteiger partial charge in [0.2, 0.25) is 0 Å². The van der Waals surface area contributed by atoms with Gasteiger partial charge >= 0.3 is 0 Å². The number of hydrogen-bond acceptors (Lipinski definition) is 1. The Kier molecular flexibility index (Phi) is 3.76. The molecule has 70 valence electrons. The fraction of sp³-hybridized carbons (Fsp3) is 0.300. The van der Waals surface area contributed by atoms with Gasteiger partial charge in [0.25, 0.3) is 0 Å². The third-order valence-corrected chi connectivity index (χ3v) is 2.49. The highest BCUT2D eigenvalue weighted by molar-refractivity contribution is 6.34. The van der Waals surface area contributed by atoms with Crippen LogP contribution in [-0.4, -0.2) is 11.2 Å². The maximum atomic E-state index is 11.5. The second kappa shape index (κ2) is 4.64. The van der Waals surface area contributed by atoms with Gasteiger partial charge in [0.15, 0.2) is 5.78 Å². The van der Waals surface area contributed by atoms with E-state index in [0.29, 0.717) is 17.0 Å². The van der Waals surface area contributed by atoms with E-state index in [4.69, 9.17) is 23.2 Å². The molecule has 1 atom stereocenters. The van der Waals surface area contributed by atoms with Gasteiger partial charge in [0, 0.05) is 10.6 Å². The van der Waals surface area contributed by atoms with Gasteiger partial charge in [-0.1, -0.05) is 30.7 Å². The molecule has 0 amide bonds. The van der Waals surface area contributed by atoms with E-state index in [1.807, 2.05) is 6.92 Å². The summed E-state index contributed by atoms with van der Waals surface area (Å²) in [7, 11) is 0. The average Bonchev–Trinajstić information content (AvgIpc) is 2.15. The normalized spacial score (nSPS) is 12.5. The Labute approximate surface area is 87.7 Å². The Morgan fingerprint density at radius 1 is 1.54 bits per heavy atom. The number of alkyl halides is 1. The van der Waals surface area contributed by atoms with Crippen LogP contribution in [0.25, 0.3) is 0 Å². The summed E-state index contributed by atoms with van der Waals surface area (Å²) in [6.45, 7) is 1.88. The van der Waals surface area contributed by atoms with Gasteiger partial charge in [-0.15, -0.1) is 11.6 Å². The lowest BCUT2D eigenvalue weighted by molar-refractivity contribution is 0.0985. The number of rotatable bonds is 3. The molecule has 0 radical (unpaired) electrons. The molecule has 0 bridgehead atoms. The largest absolute Gasteiger partial charge is 0.293 e. The Morgan fingerprint density at radius 2 is 2.23 bits per heavy atom. The zero-order valence-electron chi connectivity index (χ0n) is 7.26. The second-order valence-corrected chi connectivity index (χ2v) is 3.71. The first kappa shape index (κ1) is 10.6. The highest BCUT2D eigenvalue weighted by Crippen LogP contribution is 2.15. The van der Waals surface area contributed by atoms with Crippen LogP contribution in [0.3, 0.4) is 0 Å². The number of Topliss-reactive ketones (excluding diaryl/α,β-unsaturated/α-hetero) is 1. The highest BCUT2D eigenvalue weighted by Gasteiger charge is 2.14. The Morgan fingerprint density at radius 3 is 2.77 bits per heavy atom. The zero-order valence-corrected chi connectivity index (χ0v) is 8.77. The van der Waals surface area contributed by atoms with Crippen molar-refractivity contribution in [2.75, 3.05) is 0 Å². The van der Waals surface area contributed by atoms with Crippen molar-refractivity contribution in [3.63, 3.8) is 0 Å². The topological polar surface area (TPSA) is 17.1 Å². The molecular weight excluding hydrogens is 207 g/mol. The van der Waals surface area contributed by atoms with Gasteiger partial charge in [0.1, 0.15) is 0 Å². The third-order valence-electron chi connectivity index (χ3n) is 1.75. The molecule has 0 aliphatic rings. The maximum absolute atomic E-state index is 11.5. The van der Waals surface area contributed by atoms with Gasteiger partial charge in [0.05, 0.1) is 5.38 Å². The van der Waals surface area contributed by atoms with Gasteiger partial charge in [-0.05, 0) is 18.6 Å². The van der Waals surface area contributed by atoms with Crippen LogP contribution >= 0.6 is 23.2 Å². The monoisotopic (exact) mass is 216 g/mol. The molecule has 0 spiro atoms. The van der Waals surface area contributed by atoms with Crippen molar-refractivity contribution in [1.82, 2.24) is 0 Å². The summed E-state index contributed by atoms with van der Waals surface area (Å²) in [4.78, 5) is 11.5. The summed E-state index contributed by atoms with van der Waals surface area (Å²) in [5.41, 5.74) is 0.578. The fourth-order valence-electron chi connectivity index (χ4n) is 1.01. The van der Waals surface area contributed by atoms with Crippen molar-refractivity contribution < 1.29 is 4.79 Å². The first-order chi connectivity index (χ1) is 6.15. The average molecular weight is 217 g/mol. The standard InChI is InChI=1S/C10H10Cl2O/c1-2-9(12)10(13)7-4-3-5-8(11)6-7/h3-6,9H,2H2,1H3. The molecule has 1 rings (SSSR count). The maximum Gasteiger partial charge on any atom is 0.180 e. The van der Waals surface area contributed by atoms with E-state index in [1.165, 1.54) is 0 Å². The van der Waals surface area contributed by atoms with Gasteiger partial charge in [-0.3, -0.25) is 4.79 Å². The highest BCUT2D eigenvalue weighted by atomic mass is 35.5. The summed E-state index contributed by atoms with van der Waals surface area (Å²) in [6.07, 6.45) is 0.632. The van der Waals surface area contributed by atoms with E-state index in [-0.39, 0.29) is 5.78 Å². The number of benzene rings is 1. The SMILES string of the molecule is CCC(Cl)C(=O)c1cccc(Cl)c1. The lowest BCUT2D eigenvalue weighted by Crippen LogP contribution is -2.13. The summed E-state index contributed by atoms with van der Waals surface area (Å²) >= 11 is 11.6. The van der Waals surface area contributed by atoms with E-state index in [2.05, 4.69) is 0 Å². The quantitative estimate of drug-likeness (QED) is 0.559. The minimum atomic E-state index is -0.446. The molecule has 0 saturated carbocycles. The van der Waals surface area contributed by atoms with Crippen LogP contribution in [0.5, 0.6) is 0 Å². The first-order valence-corrected chi connectivity index (χ1v) is 4.90. The summed E-state index contributed by atoms with van der Waals surface area (Å²) in [5.74, 6) is -0.0633. The van der Waals surface area contributed by atoms with Crippen LogP contribution in [-0.2, 0) is 0 Å². The Balaban J connectivity index is 2.89. The molecule has 0 saturated heterocycles.